The number of hydrogen-bond acceptors (Lipinski definition) is 5. The molecule has 0 spiro atoms. The van der Waals surface area contributed by atoms with E-state index in [2.05, 4.69) is 0 Å². The first-order chi connectivity index (χ1) is 8.87. The van der Waals surface area contributed by atoms with Crippen LogP contribution in [0, 0.1) is 11.8 Å². The van der Waals surface area contributed by atoms with Crippen LogP contribution in [0.15, 0.2) is 0 Å². The Morgan fingerprint density at radius 1 is 1.05 bits per heavy atom. The molecule has 1 atom stereocenters. The fourth-order valence-electron chi connectivity index (χ4n) is 1.43. The first-order valence-electron chi connectivity index (χ1n) is 6.43. The third kappa shape index (κ3) is 12.9. The zero-order valence-electron chi connectivity index (χ0n) is 11.9. The van der Waals surface area contributed by atoms with E-state index in [0.717, 1.165) is 6.42 Å². The van der Waals surface area contributed by atoms with Crippen molar-refractivity contribution in [2.24, 2.45) is 11.8 Å². The van der Waals surface area contributed by atoms with E-state index < -0.39 is 9.05 Å². The van der Waals surface area contributed by atoms with Gasteiger partial charge in [0, 0.05) is 31.0 Å². The van der Waals surface area contributed by atoms with Gasteiger partial charge in [0.25, 0.3) is 0 Å². The Bertz CT molecular complexity index is 305. The predicted molar refractivity (Wildman–Crippen MR) is 76.1 cm³/mol. The molecule has 0 aliphatic carbocycles. The summed E-state index contributed by atoms with van der Waals surface area (Å²) >= 11 is 0. The first kappa shape index (κ1) is 19.1. The highest BCUT2D eigenvalue weighted by Gasteiger charge is 2.20. The molecular formula is C12H25ClO5S. The fraction of sp³-hybridized carbons (Fsp3) is 1.00. The van der Waals surface area contributed by atoms with Gasteiger partial charge < -0.3 is 14.2 Å². The van der Waals surface area contributed by atoms with Crippen LogP contribution in [0.4, 0.5) is 0 Å². The summed E-state index contributed by atoms with van der Waals surface area (Å²) in [6.45, 7) is 6.66. The van der Waals surface area contributed by atoms with Crippen molar-refractivity contribution in [3.8, 4) is 0 Å². The second kappa shape index (κ2) is 10.9. The van der Waals surface area contributed by atoms with E-state index in [1.165, 1.54) is 0 Å². The highest BCUT2D eigenvalue weighted by Crippen LogP contribution is 2.16. The lowest BCUT2D eigenvalue weighted by Gasteiger charge is -2.19. The molecule has 0 aromatic carbocycles. The van der Waals surface area contributed by atoms with Crippen molar-refractivity contribution in [2.75, 3.05) is 45.9 Å². The Morgan fingerprint density at radius 3 is 2.21 bits per heavy atom. The van der Waals surface area contributed by atoms with Crippen LogP contribution in [0.1, 0.15) is 20.3 Å². The van der Waals surface area contributed by atoms with Gasteiger partial charge in [-0.1, -0.05) is 13.8 Å². The molecule has 0 radical (unpaired) electrons. The van der Waals surface area contributed by atoms with E-state index in [4.69, 9.17) is 24.9 Å². The summed E-state index contributed by atoms with van der Waals surface area (Å²) in [7, 11) is 3.42. The highest BCUT2D eigenvalue weighted by atomic mass is 35.7. The number of halogens is 1. The molecule has 0 aromatic rings. The van der Waals surface area contributed by atoms with Gasteiger partial charge in [-0.05, 0) is 18.3 Å². The van der Waals surface area contributed by atoms with Gasteiger partial charge in [0.15, 0.2) is 0 Å². The van der Waals surface area contributed by atoms with Crippen molar-refractivity contribution in [3.05, 3.63) is 0 Å². The zero-order chi connectivity index (χ0) is 14.7. The monoisotopic (exact) mass is 316 g/mol. The second-order valence-electron chi connectivity index (χ2n) is 4.74. The van der Waals surface area contributed by atoms with Crippen LogP contribution in [0.2, 0.25) is 0 Å². The molecule has 0 amide bonds. The molecule has 19 heavy (non-hydrogen) atoms. The van der Waals surface area contributed by atoms with Crippen LogP contribution in [0.5, 0.6) is 0 Å². The molecule has 0 fully saturated rings. The molecule has 0 aliphatic rings. The van der Waals surface area contributed by atoms with E-state index in [-0.39, 0.29) is 17.6 Å². The summed E-state index contributed by atoms with van der Waals surface area (Å²) in [6, 6.07) is 0. The maximum absolute atomic E-state index is 11.1. The van der Waals surface area contributed by atoms with Crippen molar-refractivity contribution < 1.29 is 22.6 Å². The van der Waals surface area contributed by atoms with Gasteiger partial charge in [-0.2, -0.15) is 0 Å². The predicted octanol–water partition coefficient (Wildman–Crippen LogP) is 1.90. The molecule has 0 rings (SSSR count). The van der Waals surface area contributed by atoms with Gasteiger partial charge in [0.05, 0.1) is 25.6 Å². The van der Waals surface area contributed by atoms with E-state index in [0.29, 0.717) is 33.0 Å². The summed E-state index contributed by atoms with van der Waals surface area (Å²) in [5.41, 5.74) is 0. The maximum atomic E-state index is 11.1. The lowest BCUT2D eigenvalue weighted by atomic mass is 9.99. The summed E-state index contributed by atoms with van der Waals surface area (Å²) in [4.78, 5) is 0. The molecular weight excluding hydrogens is 292 g/mol. The van der Waals surface area contributed by atoms with E-state index in [9.17, 15) is 8.42 Å². The van der Waals surface area contributed by atoms with Crippen molar-refractivity contribution in [2.45, 2.75) is 20.3 Å². The molecule has 0 N–H and O–H groups in total. The van der Waals surface area contributed by atoms with E-state index in [1.54, 1.807) is 7.11 Å². The summed E-state index contributed by atoms with van der Waals surface area (Å²) in [5.74, 6) is 0.0969. The largest absolute Gasteiger partial charge is 0.382 e. The smallest absolute Gasteiger partial charge is 0.232 e. The molecule has 116 valence electrons. The van der Waals surface area contributed by atoms with E-state index in [1.807, 2.05) is 13.8 Å². The molecule has 0 saturated carbocycles. The minimum absolute atomic E-state index is 0.0451. The Balaban J connectivity index is 3.65. The van der Waals surface area contributed by atoms with Gasteiger partial charge >= 0.3 is 0 Å². The third-order valence-electron chi connectivity index (χ3n) is 2.70. The van der Waals surface area contributed by atoms with Gasteiger partial charge in [-0.3, -0.25) is 0 Å². The Labute approximate surface area is 121 Å². The number of rotatable bonds is 12. The Morgan fingerprint density at radius 2 is 1.68 bits per heavy atom. The van der Waals surface area contributed by atoms with Crippen LogP contribution >= 0.6 is 10.7 Å². The molecule has 1 unspecified atom stereocenters. The number of hydrogen-bond donors (Lipinski definition) is 0. The van der Waals surface area contributed by atoms with Gasteiger partial charge in [0.1, 0.15) is 0 Å². The van der Waals surface area contributed by atoms with Crippen LogP contribution in [-0.2, 0) is 23.3 Å². The molecule has 0 aromatic heterocycles. The Kier molecular flexibility index (Phi) is 10.9. The third-order valence-corrected chi connectivity index (χ3v) is 3.90. The number of ether oxygens (including phenoxy) is 3. The van der Waals surface area contributed by atoms with Crippen LogP contribution in [-0.4, -0.2) is 54.3 Å². The average Bonchev–Trinajstić information content (AvgIpc) is 2.29. The van der Waals surface area contributed by atoms with Crippen LogP contribution in [0.3, 0.4) is 0 Å². The standard InChI is InChI=1S/C12H25ClO5S/c1-11(2)12(10-19(13,14)15)9-18-6-4-5-17-8-7-16-3/h11-12H,4-10H2,1-3H3. The molecule has 7 heteroatoms. The molecule has 5 nitrogen and oxygen atoms in total. The minimum atomic E-state index is -3.47. The summed E-state index contributed by atoms with van der Waals surface area (Å²) < 4.78 is 37.7. The lowest BCUT2D eigenvalue weighted by Crippen LogP contribution is -2.23. The van der Waals surface area contributed by atoms with Gasteiger partial charge in [-0.15, -0.1) is 0 Å². The van der Waals surface area contributed by atoms with Crippen LogP contribution < -0.4 is 0 Å². The Hall–Kier alpha value is 0.120. The fourth-order valence-corrected chi connectivity index (χ4v) is 2.91. The minimum Gasteiger partial charge on any atom is -0.382 e. The number of methoxy groups -OCH3 is 1. The van der Waals surface area contributed by atoms with Crippen molar-refractivity contribution in [1.82, 2.24) is 0 Å². The quantitative estimate of drug-likeness (QED) is 0.406. The second-order valence-corrected chi connectivity index (χ2v) is 7.56. The molecule has 0 saturated heterocycles. The van der Waals surface area contributed by atoms with Gasteiger partial charge in [0.2, 0.25) is 9.05 Å². The summed E-state index contributed by atoms with van der Waals surface area (Å²) in [6.07, 6.45) is 0.780. The lowest BCUT2D eigenvalue weighted by molar-refractivity contribution is 0.0423. The zero-order valence-corrected chi connectivity index (χ0v) is 13.5. The molecule has 0 heterocycles. The molecule has 0 aliphatic heterocycles. The van der Waals surface area contributed by atoms with Crippen molar-refractivity contribution in [3.63, 3.8) is 0 Å². The molecule has 0 bridgehead atoms. The maximum Gasteiger partial charge on any atom is 0.232 e. The first-order valence-corrected chi connectivity index (χ1v) is 8.91. The topological polar surface area (TPSA) is 61.8 Å². The van der Waals surface area contributed by atoms with Crippen molar-refractivity contribution >= 4 is 19.7 Å². The van der Waals surface area contributed by atoms with Crippen molar-refractivity contribution in [1.29, 1.82) is 0 Å². The van der Waals surface area contributed by atoms with E-state index >= 15 is 0 Å². The SMILES string of the molecule is COCCOCCCOCC(CS(=O)(=O)Cl)C(C)C. The normalized spacial score (nSPS) is 13.9. The average molecular weight is 317 g/mol. The summed E-state index contributed by atoms with van der Waals surface area (Å²) in [5, 5.41) is 0. The van der Waals surface area contributed by atoms with Gasteiger partial charge in [-0.25, -0.2) is 8.42 Å². The highest BCUT2D eigenvalue weighted by molar-refractivity contribution is 8.13. The van der Waals surface area contributed by atoms with Crippen LogP contribution in [0.25, 0.3) is 0 Å².